The second kappa shape index (κ2) is 8.37. The van der Waals surface area contributed by atoms with Gasteiger partial charge in [0.25, 0.3) is 5.91 Å². The van der Waals surface area contributed by atoms with E-state index in [0.717, 1.165) is 29.1 Å². The Morgan fingerprint density at radius 3 is 2.38 bits per heavy atom. The summed E-state index contributed by atoms with van der Waals surface area (Å²) < 4.78 is 52.6. The topological polar surface area (TPSA) is 89.5 Å². The molecule has 0 aliphatic carbocycles. The van der Waals surface area contributed by atoms with Crippen LogP contribution in [-0.4, -0.2) is 32.2 Å². The standard InChI is InChI=1S/C16H15F2NO5S2/c1-10(14(20)19-9-12-3-2-8-25-12)24-15(21)11-4-6-13(7-5-11)26(22,23)16(17)18/h2-8,10,16H,9H2,1H3,(H,19,20)/t10-/m0/s1. The van der Waals surface area contributed by atoms with Crippen LogP contribution in [0.2, 0.25) is 0 Å². The molecule has 140 valence electrons. The van der Waals surface area contributed by atoms with Gasteiger partial charge in [0, 0.05) is 4.88 Å². The van der Waals surface area contributed by atoms with Gasteiger partial charge in [-0.3, -0.25) is 4.79 Å². The minimum atomic E-state index is -4.73. The molecule has 0 spiro atoms. The second-order valence-corrected chi connectivity index (χ2v) is 8.12. The van der Waals surface area contributed by atoms with Gasteiger partial charge >= 0.3 is 11.7 Å². The third kappa shape index (κ3) is 4.85. The fourth-order valence-electron chi connectivity index (χ4n) is 1.90. The number of alkyl halides is 2. The fourth-order valence-corrected chi connectivity index (χ4v) is 3.26. The van der Waals surface area contributed by atoms with Gasteiger partial charge in [-0.1, -0.05) is 6.07 Å². The highest BCUT2D eigenvalue weighted by Crippen LogP contribution is 2.19. The Balaban J connectivity index is 1.95. The summed E-state index contributed by atoms with van der Waals surface area (Å²) >= 11 is 1.47. The largest absolute Gasteiger partial charge is 0.449 e. The van der Waals surface area contributed by atoms with Gasteiger partial charge in [0.2, 0.25) is 9.84 Å². The van der Waals surface area contributed by atoms with Crippen LogP contribution in [0, 0.1) is 0 Å². The molecule has 10 heteroatoms. The Morgan fingerprint density at radius 1 is 1.19 bits per heavy atom. The second-order valence-electron chi connectivity index (χ2n) is 5.17. The third-order valence-corrected chi connectivity index (χ3v) is 5.60. The molecular formula is C16H15F2NO5S2. The smallest absolute Gasteiger partial charge is 0.341 e. The molecule has 1 aromatic heterocycles. The van der Waals surface area contributed by atoms with Gasteiger partial charge in [-0.2, -0.15) is 8.78 Å². The van der Waals surface area contributed by atoms with E-state index >= 15 is 0 Å². The molecule has 1 atom stereocenters. The molecule has 0 aliphatic rings. The van der Waals surface area contributed by atoms with Crippen molar-refractivity contribution >= 4 is 33.1 Å². The summed E-state index contributed by atoms with van der Waals surface area (Å²) in [4.78, 5) is 24.2. The number of nitrogens with one attached hydrogen (secondary N) is 1. The lowest BCUT2D eigenvalue weighted by atomic mass is 10.2. The minimum absolute atomic E-state index is 0.0591. The van der Waals surface area contributed by atoms with Crippen molar-refractivity contribution in [3.8, 4) is 0 Å². The predicted octanol–water partition coefficient (Wildman–Crippen LogP) is 2.61. The number of esters is 1. The van der Waals surface area contributed by atoms with Gasteiger partial charge < -0.3 is 10.1 Å². The van der Waals surface area contributed by atoms with Crippen LogP contribution in [-0.2, 0) is 25.9 Å². The summed E-state index contributed by atoms with van der Waals surface area (Å²) in [6.45, 7) is 1.69. The van der Waals surface area contributed by atoms with Gasteiger partial charge in [0.15, 0.2) is 6.10 Å². The summed E-state index contributed by atoms with van der Waals surface area (Å²) in [7, 11) is -4.73. The molecule has 6 nitrogen and oxygen atoms in total. The van der Waals surface area contributed by atoms with Crippen molar-refractivity contribution in [2.45, 2.75) is 30.2 Å². The van der Waals surface area contributed by atoms with Crippen LogP contribution in [0.1, 0.15) is 22.2 Å². The zero-order chi connectivity index (χ0) is 19.3. The maximum atomic E-state index is 12.5. The lowest BCUT2D eigenvalue weighted by molar-refractivity contribution is -0.129. The monoisotopic (exact) mass is 403 g/mol. The first-order valence-electron chi connectivity index (χ1n) is 7.35. The van der Waals surface area contributed by atoms with Crippen molar-refractivity contribution in [1.82, 2.24) is 5.32 Å². The Bertz CT molecular complexity index is 865. The van der Waals surface area contributed by atoms with E-state index in [2.05, 4.69) is 5.32 Å². The first-order chi connectivity index (χ1) is 12.2. The number of amides is 1. The van der Waals surface area contributed by atoms with Crippen LogP contribution >= 0.6 is 11.3 Å². The molecule has 1 aromatic carbocycles. The Kier molecular flexibility index (Phi) is 6.43. The van der Waals surface area contributed by atoms with Crippen molar-refractivity contribution < 1.29 is 31.5 Å². The molecule has 0 saturated heterocycles. The molecular weight excluding hydrogens is 388 g/mol. The van der Waals surface area contributed by atoms with Crippen LogP contribution in [0.3, 0.4) is 0 Å². The molecule has 0 aliphatic heterocycles. The van der Waals surface area contributed by atoms with Crippen molar-refractivity contribution in [3.05, 3.63) is 52.2 Å². The minimum Gasteiger partial charge on any atom is -0.449 e. The average molecular weight is 403 g/mol. The summed E-state index contributed by atoms with van der Waals surface area (Å²) in [6.07, 6.45) is -1.08. The molecule has 1 amide bonds. The molecule has 2 rings (SSSR count). The Morgan fingerprint density at radius 2 is 1.85 bits per heavy atom. The summed E-state index contributed by atoms with van der Waals surface area (Å²) in [5.41, 5.74) is -0.0591. The van der Waals surface area contributed by atoms with Crippen molar-refractivity contribution in [3.63, 3.8) is 0 Å². The van der Waals surface area contributed by atoms with Crippen LogP contribution in [0.15, 0.2) is 46.7 Å². The maximum Gasteiger partial charge on any atom is 0.341 e. The number of hydrogen-bond acceptors (Lipinski definition) is 6. The quantitative estimate of drug-likeness (QED) is 0.718. The van der Waals surface area contributed by atoms with Crippen molar-refractivity contribution in [2.24, 2.45) is 0 Å². The number of ether oxygens (including phenoxy) is 1. The number of benzene rings is 1. The number of thiophene rings is 1. The van der Waals surface area contributed by atoms with Gasteiger partial charge in [0.05, 0.1) is 17.0 Å². The first kappa shape index (κ1) is 20.0. The highest BCUT2D eigenvalue weighted by molar-refractivity contribution is 7.91. The van der Waals surface area contributed by atoms with Gasteiger partial charge in [0.1, 0.15) is 0 Å². The number of carbonyl (C=O) groups excluding carboxylic acids is 2. The van der Waals surface area contributed by atoms with E-state index in [0.29, 0.717) is 6.54 Å². The molecule has 0 unspecified atom stereocenters. The summed E-state index contributed by atoms with van der Waals surface area (Å²) in [5, 5.41) is 4.48. The van der Waals surface area contributed by atoms with E-state index in [1.54, 1.807) is 0 Å². The number of hydrogen-bond donors (Lipinski definition) is 1. The van der Waals surface area contributed by atoms with E-state index in [1.807, 2.05) is 17.5 Å². The van der Waals surface area contributed by atoms with E-state index in [1.165, 1.54) is 18.3 Å². The van der Waals surface area contributed by atoms with E-state index in [9.17, 15) is 26.8 Å². The summed E-state index contributed by atoms with van der Waals surface area (Å²) in [6, 6.07) is 7.56. The number of halogens is 2. The van der Waals surface area contributed by atoms with Crippen molar-refractivity contribution in [1.29, 1.82) is 0 Å². The molecule has 0 saturated carbocycles. The first-order valence-corrected chi connectivity index (χ1v) is 9.77. The van der Waals surface area contributed by atoms with E-state index < -0.39 is 38.5 Å². The summed E-state index contributed by atoms with van der Waals surface area (Å²) in [5.74, 6) is -4.92. The van der Waals surface area contributed by atoms with Crippen molar-refractivity contribution in [2.75, 3.05) is 0 Å². The highest BCUT2D eigenvalue weighted by atomic mass is 32.2. The van der Waals surface area contributed by atoms with E-state index in [4.69, 9.17) is 4.74 Å². The molecule has 1 heterocycles. The molecule has 0 radical (unpaired) electrons. The zero-order valence-electron chi connectivity index (χ0n) is 13.5. The number of rotatable bonds is 7. The van der Waals surface area contributed by atoms with Crippen LogP contribution in [0.5, 0.6) is 0 Å². The van der Waals surface area contributed by atoms with Gasteiger partial charge in [-0.25, -0.2) is 13.2 Å². The average Bonchev–Trinajstić information content (AvgIpc) is 3.13. The number of sulfone groups is 1. The van der Waals surface area contributed by atoms with Gasteiger partial charge in [-0.05, 0) is 42.6 Å². The normalized spacial score (nSPS) is 12.6. The maximum absolute atomic E-state index is 12.5. The predicted molar refractivity (Wildman–Crippen MR) is 90.7 cm³/mol. The molecule has 26 heavy (non-hydrogen) atoms. The Hall–Kier alpha value is -2.33. The molecule has 0 bridgehead atoms. The molecule has 1 N–H and O–H groups in total. The number of carbonyl (C=O) groups is 2. The highest BCUT2D eigenvalue weighted by Gasteiger charge is 2.27. The lowest BCUT2D eigenvalue weighted by Crippen LogP contribution is -2.35. The van der Waals surface area contributed by atoms with Gasteiger partial charge in [-0.15, -0.1) is 11.3 Å². The lowest BCUT2D eigenvalue weighted by Gasteiger charge is -2.13. The molecule has 0 fully saturated rings. The van der Waals surface area contributed by atoms with Crippen LogP contribution in [0.4, 0.5) is 8.78 Å². The third-order valence-electron chi connectivity index (χ3n) is 3.32. The SMILES string of the molecule is C[C@H](OC(=O)c1ccc(S(=O)(=O)C(F)F)cc1)C(=O)NCc1cccs1. The fraction of sp³-hybridized carbons (Fsp3) is 0.250. The van der Waals surface area contributed by atoms with Crippen LogP contribution in [0.25, 0.3) is 0 Å². The zero-order valence-corrected chi connectivity index (χ0v) is 15.1. The molecule has 2 aromatic rings. The Labute approximate surface area is 152 Å². The van der Waals surface area contributed by atoms with E-state index in [-0.39, 0.29) is 5.56 Å². The van der Waals surface area contributed by atoms with Crippen LogP contribution < -0.4 is 5.32 Å².